The Labute approximate surface area is 183 Å². The second kappa shape index (κ2) is 8.29. The smallest absolute Gasteiger partial charge is 0.257 e. The normalized spacial score (nSPS) is 11.1. The molecule has 2 N–H and O–H groups in total. The molecule has 0 aliphatic heterocycles. The molecule has 4 aromatic rings. The molecule has 0 fully saturated rings. The molecule has 0 aliphatic rings. The van der Waals surface area contributed by atoms with Crippen molar-refractivity contribution in [2.24, 2.45) is 0 Å². The van der Waals surface area contributed by atoms with Crippen LogP contribution in [0.2, 0.25) is 0 Å². The fraction of sp³-hybridized carbons (Fsp3) is 0.190. The number of hydrogen-bond acceptors (Lipinski definition) is 6. The van der Waals surface area contributed by atoms with E-state index in [1.54, 1.807) is 4.52 Å². The number of rotatable bonds is 4. The number of aromatic nitrogens is 4. The van der Waals surface area contributed by atoms with Crippen LogP contribution in [0.4, 0.5) is 5.69 Å². The van der Waals surface area contributed by atoms with Crippen LogP contribution >= 0.6 is 23.6 Å². The summed E-state index contributed by atoms with van der Waals surface area (Å²) >= 11 is 6.77. The van der Waals surface area contributed by atoms with E-state index in [-0.39, 0.29) is 11.0 Å². The van der Waals surface area contributed by atoms with Crippen LogP contribution in [0.3, 0.4) is 0 Å². The van der Waals surface area contributed by atoms with Gasteiger partial charge >= 0.3 is 0 Å². The lowest BCUT2D eigenvalue weighted by atomic mass is 10.0. The van der Waals surface area contributed by atoms with E-state index in [1.807, 2.05) is 55.5 Å². The van der Waals surface area contributed by atoms with Gasteiger partial charge in [0.2, 0.25) is 4.96 Å². The van der Waals surface area contributed by atoms with E-state index in [2.05, 4.69) is 39.8 Å². The zero-order valence-electron chi connectivity index (χ0n) is 16.7. The number of hydrogen-bond donors (Lipinski definition) is 2. The molecular formula is C21H20N6OS2. The first-order chi connectivity index (χ1) is 14.4. The Morgan fingerprint density at radius 1 is 1.13 bits per heavy atom. The molecule has 0 atom stereocenters. The highest BCUT2D eigenvalue weighted by molar-refractivity contribution is 7.80. The minimum absolute atomic E-state index is 0.235. The van der Waals surface area contributed by atoms with Crippen LogP contribution < -0.4 is 10.6 Å². The summed E-state index contributed by atoms with van der Waals surface area (Å²) in [5, 5.41) is 19.5. The Morgan fingerprint density at radius 3 is 2.60 bits per heavy atom. The number of carbonyl (C=O) groups is 1. The first-order valence-electron chi connectivity index (χ1n) is 9.42. The molecule has 2 aromatic carbocycles. The molecule has 0 bridgehead atoms. The predicted octanol–water partition coefficient (Wildman–Crippen LogP) is 4.41. The molecule has 0 aliphatic carbocycles. The van der Waals surface area contributed by atoms with Gasteiger partial charge in [-0.25, -0.2) is 0 Å². The molecule has 1 amide bonds. The van der Waals surface area contributed by atoms with Crippen LogP contribution in [-0.2, 0) is 0 Å². The van der Waals surface area contributed by atoms with E-state index in [0.717, 1.165) is 27.0 Å². The van der Waals surface area contributed by atoms with Crippen molar-refractivity contribution in [3.63, 3.8) is 0 Å². The lowest BCUT2D eigenvalue weighted by Crippen LogP contribution is -2.34. The maximum atomic E-state index is 12.5. The van der Waals surface area contributed by atoms with Gasteiger partial charge < -0.3 is 5.32 Å². The SMILES string of the molecule is Cc1nnc2sc(-c3cccc(NC(=S)NC(=O)c4ccc(C(C)C)cc4)c3)nn12. The third kappa shape index (κ3) is 4.22. The zero-order valence-corrected chi connectivity index (χ0v) is 18.3. The number of fused-ring (bicyclic) bond motifs is 1. The highest BCUT2D eigenvalue weighted by atomic mass is 32.1. The molecular weight excluding hydrogens is 416 g/mol. The van der Waals surface area contributed by atoms with E-state index in [1.165, 1.54) is 16.9 Å². The van der Waals surface area contributed by atoms with E-state index in [9.17, 15) is 4.79 Å². The number of amides is 1. The van der Waals surface area contributed by atoms with Gasteiger partial charge in [0.05, 0.1) is 0 Å². The van der Waals surface area contributed by atoms with Gasteiger partial charge in [0, 0.05) is 16.8 Å². The molecule has 0 spiro atoms. The monoisotopic (exact) mass is 436 g/mol. The first kappa shape index (κ1) is 20.1. The lowest BCUT2D eigenvalue weighted by Gasteiger charge is -2.11. The quantitative estimate of drug-likeness (QED) is 0.461. The minimum Gasteiger partial charge on any atom is -0.332 e. The second-order valence-electron chi connectivity index (χ2n) is 7.11. The van der Waals surface area contributed by atoms with Crippen LogP contribution in [-0.4, -0.2) is 30.8 Å². The number of benzene rings is 2. The lowest BCUT2D eigenvalue weighted by molar-refractivity contribution is 0.0977. The van der Waals surface area contributed by atoms with Gasteiger partial charge in [-0.15, -0.1) is 10.2 Å². The van der Waals surface area contributed by atoms with Gasteiger partial charge in [-0.2, -0.15) is 9.61 Å². The highest BCUT2D eigenvalue weighted by Crippen LogP contribution is 2.27. The van der Waals surface area contributed by atoms with Crippen molar-refractivity contribution in [2.45, 2.75) is 26.7 Å². The van der Waals surface area contributed by atoms with E-state index >= 15 is 0 Å². The number of nitrogens with one attached hydrogen (secondary N) is 2. The van der Waals surface area contributed by atoms with Gasteiger partial charge in [0.25, 0.3) is 5.91 Å². The standard InChI is InChI=1S/C21H20N6OS2/c1-12(2)14-7-9-15(10-8-14)18(28)23-20(29)22-17-6-4-5-16(11-17)19-26-27-13(3)24-25-21(27)30-19/h4-12H,1-3H3,(H2,22,23,28,29). The van der Waals surface area contributed by atoms with Gasteiger partial charge in [-0.05, 0) is 54.9 Å². The summed E-state index contributed by atoms with van der Waals surface area (Å²) in [5.74, 6) is 0.912. The van der Waals surface area contributed by atoms with Crippen molar-refractivity contribution in [3.05, 3.63) is 65.5 Å². The largest absolute Gasteiger partial charge is 0.332 e. The average molecular weight is 437 g/mol. The fourth-order valence-corrected chi connectivity index (χ4v) is 4.01. The topological polar surface area (TPSA) is 84.2 Å². The summed E-state index contributed by atoms with van der Waals surface area (Å²) in [7, 11) is 0. The van der Waals surface area contributed by atoms with Crippen molar-refractivity contribution in [1.29, 1.82) is 0 Å². The van der Waals surface area contributed by atoms with Gasteiger partial charge in [0.15, 0.2) is 10.9 Å². The van der Waals surface area contributed by atoms with Crippen molar-refractivity contribution < 1.29 is 4.79 Å². The molecule has 4 rings (SSSR count). The highest BCUT2D eigenvalue weighted by Gasteiger charge is 2.12. The predicted molar refractivity (Wildman–Crippen MR) is 123 cm³/mol. The molecule has 7 nitrogen and oxygen atoms in total. The van der Waals surface area contributed by atoms with Crippen LogP contribution in [0.5, 0.6) is 0 Å². The average Bonchev–Trinajstić information content (AvgIpc) is 3.30. The Morgan fingerprint density at radius 2 is 1.90 bits per heavy atom. The summed E-state index contributed by atoms with van der Waals surface area (Å²) in [6, 6.07) is 15.2. The molecule has 2 aromatic heterocycles. The third-order valence-corrected chi connectivity index (χ3v) is 5.73. The van der Waals surface area contributed by atoms with Crippen LogP contribution in [0.1, 0.15) is 41.5 Å². The Hall–Kier alpha value is -3.17. The van der Waals surface area contributed by atoms with Gasteiger partial charge in [-0.1, -0.05) is 49.4 Å². The summed E-state index contributed by atoms with van der Waals surface area (Å²) < 4.78 is 1.72. The number of anilines is 1. The number of carbonyl (C=O) groups excluding carboxylic acids is 1. The minimum atomic E-state index is -0.247. The first-order valence-corrected chi connectivity index (χ1v) is 10.6. The van der Waals surface area contributed by atoms with E-state index in [0.29, 0.717) is 11.5 Å². The maximum absolute atomic E-state index is 12.5. The van der Waals surface area contributed by atoms with Crippen molar-refractivity contribution in [1.82, 2.24) is 25.1 Å². The molecule has 30 heavy (non-hydrogen) atoms. The summed E-state index contributed by atoms with van der Waals surface area (Å²) in [5.41, 5.74) is 3.43. The van der Waals surface area contributed by atoms with Crippen molar-refractivity contribution in [2.75, 3.05) is 5.32 Å². The molecule has 0 saturated carbocycles. The molecule has 0 radical (unpaired) electrons. The fourth-order valence-electron chi connectivity index (χ4n) is 2.92. The van der Waals surface area contributed by atoms with Crippen molar-refractivity contribution >= 4 is 45.2 Å². The zero-order chi connectivity index (χ0) is 21.3. The van der Waals surface area contributed by atoms with E-state index in [4.69, 9.17) is 12.2 Å². The van der Waals surface area contributed by atoms with Gasteiger partial charge in [-0.3, -0.25) is 10.1 Å². The molecule has 0 saturated heterocycles. The van der Waals surface area contributed by atoms with Crippen LogP contribution in [0.25, 0.3) is 15.5 Å². The molecule has 152 valence electrons. The molecule has 9 heteroatoms. The Kier molecular flexibility index (Phi) is 5.56. The third-order valence-electron chi connectivity index (χ3n) is 4.58. The Balaban J connectivity index is 1.44. The molecule has 2 heterocycles. The van der Waals surface area contributed by atoms with Crippen LogP contribution in [0.15, 0.2) is 48.5 Å². The van der Waals surface area contributed by atoms with Crippen LogP contribution in [0, 0.1) is 6.92 Å². The number of thiocarbonyl (C=S) groups is 1. The summed E-state index contributed by atoms with van der Waals surface area (Å²) in [6.07, 6.45) is 0. The number of nitrogens with zero attached hydrogens (tertiary/aromatic N) is 4. The van der Waals surface area contributed by atoms with Crippen molar-refractivity contribution in [3.8, 4) is 10.6 Å². The summed E-state index contributed by atoms with van der Waals surface area (Å²) in [4.78, 5) is 13.2. The maximum Gasteiger partial charge on any atom is 0.257 e. The molecule has 0 unspecified atom stereocenters. The van der Waals surface area contributed by atoms with E-state index < -0.39 is 0 Å². The second-order valence-corrected chi connectivity index (χ2v) is 8.48. The summed E-state index contributed by atoms with van der Waals surface area (Å²) in [6.45, 7) is 6.09. The van der Waals surface area contributed by atoms with Gasteiger partial charge in [0.1, 0.15) is 5.01 Å². The Bertz CT molecular complexity index is 1230. The number of aryl methyl sites for hydroxylation is 1.